The van der Waals surface area contributed by atoms with Gasteiger partial charge in [0.25, 0.3) is 0 Å². The third-order valence-corrected chi connectivity index (χ3v) is 6.20. The van der Waals surface area contributed by atoms with E-state index in [1.54, 1.807) is 19.1 Å². The molecule has 0 fully saturated rings. The maximum Gasteiger partial charge on any atom is 0.338 e. The summed E-state index contributed by atoms with van der Waals surface area (Å²) in [7, 11) is -2.52. The van der Waals surface area contributed by atoms with Crippen LogP contribution >= 0.6 is 0 Å². The first kappa shape index (κ1) is 21.7. The van der Waals surface area contributed by atoms with E-state index in [1.165, 1.54) is 31.4 Å². The topological polar surface area (TPSA) is 72.5 Å². The lowest BCUT2D eigenvalue weighted by molar-refractivity contribution is 0.0599. The predicted octanol–water partition coefficient (Wildman–Crippen LogP) is 4.11. The molecule has 0 aliphatic carbocycles. The molecule has 0 radical (unpaired) electrons. The van der Waals surface area contributed by atoms with E-state index in [4.69, 9.17) is 4.74 Å². The number of nitrogens with one attached hydrogen (secondary N) is 1. The number of hydrogen-bond acceptors (Lipinski definition) is 4. The zero-order valence-electron chi connectivity index (χ0n) is 16.7. The highest BCUT2D eigenvalue weighted by Crippen LogP contribution is 2.21. The van der Waals surface area contributed by atoms with Crippen LogP contribution in [0.5, 0.6) is 0 Å². The summed E-state index contributed by atoms with van der Waals surface area (Å²) in [5, 5.41) is 0. The molecule has 5 nitrogen and oxygen atoms in total. The van der Waals surface area contributed by atoms with Crippen LogP contribution in [0.1, 0.15) is 21.5 Å². The van der Waals surface area contributed by atoms with E-state index >= 15 is 0 Å². The number of carbonyl (C=O) groups is 1. The summed E-state index contributed by atoms with van der Waals surface area (Å²) in [4.78, 5) is 11.8. The molecule has 0 unspecified atom stereocenters. The monoisotopic (exact) mass is 427 g/mol. The average molecular weight is 427 g/mol. The zero-order valence-corrected chi connectivity index (χ0v) is 17.5. The molecule has 0 heterocycles. The first-order chi connectivity index (χ1) is 14.3. The van der Waals surface area contributed by atoms with Gasteiger partial charge in [0.05, 0.1) is 17.6 Å². The van der Waals surface area contributed by atoms with Gasteiger partial charge < -0.3 is 4.74 Å². The largest absolute Gasteiger partial charge is 0.465 e. The van der Waals surface area contributed by atoms with Crippen molar-refractivity contribution in [3.63, 3.8) is 0 Å². The van der Waals surface area contributed by atoms with Crippen LogP contribution in [-0.4, -0.2) is 28.0 Å². The van der Waals surface area contributed by atoms with Crippen molar-refractivity contribution >= 4 is 16.0 Å². The van der Waals surface area contributed by atoms with Gasteiger partial charge in [-0.05, 0) is 59.9 Å². The summed E-state index contributed by atoms with van der Waals surface area (Å²) < 4.78 is 45.8. The second-order valence-corrected chi connectivity index (χ2v) is 8.59. The fourth-order valence-electron chi connectivity index (χ4n) is 3.04. The second kappa shape index (κ2) is 9.19. The number of benzene rings is 3. The van der Waals surface area contributed by atoms with Gasteiger partial charge >= 0.3 is 5.97 Å². The molecular weight excluding hydrogens is 405 g/mol. The zero-order chi connectivity index (χ0) is 21.7. The molecule has 0 saturated heterocycles. The Morgan fingerprint density at radius 2 is 1.73 bits per heavy atom. The van der Waals surface area contributed by atoms with Gasteiger partial charge in [0.15, 0.2) is 0 Å². The quantitative estimate of drug-likeness (QED) is 0.576. The van der Waals surface area contributed by atoms with Crippen LogP contribution in [0.15, 0.2) is 71.6 Å². The highest BCUT2D eigenvalue weighted by Gasteiger charge is 2.18. The first-order valence-electron chi connectivity index (χ1n) is 9.33. The summed E-state index contributed by atoms with van der Waals surface area (Å²) >= 11 is 0. The number of esters is 1. The van der Waals surface area contributed by atoms with Crippen molar-refractivity contribution in [2.45, 2.75) is 18.2 Å². The lowest BCUT2D eigenvalue weighted by atomic mass is 10.0. The van der Waals surface area contributed by atoms with Gasteiger partial charge in [-0.3, -0.25) is 0 Å². The van der Waals surface area contributed by atoms with Gasteiger partial charge in [0, 0.05) is 6.54 Å². The van der Waals surface area contributed by atoms with E-state index in [-0.39, 0.29) is 22.8 Å². The fourth-order valence-corrected chi connectivity index (χ4v) is 4.10. The maximum absolute atomic E-state index is 13.4. The average Bonchev–Trinajstić information content (AvgIpc) is 2.74. The number of sulfonamides is 1. The molecule has 0 amide bonds. The van der Waals surface area contributed by atoms with Crippen molar-refractivity contribution in [3.05, 3.63) is 89.2 Å². The minimum Gasteiger partial charge on any atom is -0.465 e. The number of aryl methyl sites for hydroxylation is 1. The molecule has 7 heteroatoms. The Balaban J connectivity index is 1.65. The molecule has 3 aromatic carbocycles. The summed E-state index contributed by atoms with van der Waals surface area (Å²) in [6.07, 6.45) is 0.485. The van der Waals surface area contributed by atoms with Crippen molar-refractivity contribution in [1.29, 1.82) is 0 Å². The molecule has 30 heavy (non-hydrogen) atoms. The molecule has 3 aromatic rings. The first-order valence-corrected chi connectivity index (χ1v) is 10.8. The molecule has 156 valence electrons. The van der Waals surface area contributed by atoms with E-state index in [0.29, 0.717) is 12.0 Å². The highest BCUT2D eigenvalue weighted by atomic mass is 32.2. The molecule has 1 N–H and O–H groups in total. The summed E-state index contributed by atoms with van der Waals surface area (Å²) in [5.41, 5.74) is 3.46. The number of hydrogen-bond donors (Lipinski definition) is 1. The van der Waals surface area contributed by atoms with Crippen molar-refractivity contribution < 1.29 is 22.3 Å². The Bertz CT molecular complexity index is 1160. The van der Waals surface area contributed by atoms with E-state index < -0.39 is 16.0 Å². The summed E-state index contributed by atoms with van der Waals surface area (Å²) in [6.45, 7) is 1.91. The highest BCUT2D eigenvalue weighted by molar-refractivity contribution is 7.89. The van der Waals surface area contributed by atoms with E-state index in [2.05, 4.69) is 4.72 Å². The molecule has 0 spiro atoms. The number of halogens is 1. The summed E-state index contributed by atoms with van der Waals surface area (Å²) in [5.74, 6) is -0.875. The van der Waals surface area contributed by atoms with Crippen LogP contribution in [-0.2, 0) is 21.2 Å². The van der Waals surface area contributed by atoms with Gasteiger partial charge in [-0.15, -0.1) is 0 Å². The van der Waals surface area contributed by atoms with Gasteiger partial charge in [-0.1, -0.05) is 42.5 Å². The predicted molar refractivity (Wildman–Crippen MR) is 113 cm³/mol. The van der Waals surface area contributed by atoms with Gasteiger partial charge in [-0.2, -0.15) is 0 Å². The number of rotatable bonds is 7. The molecule has 0 bridgehead atoms. The molecule has 0 aliphatic heterocycles. The number of carbonyl (C=O) groups excluding carboxylic acids is 1. The Labute approximate surface area is 175 Å². The van der Waals surface area contributed by atoms with Crippen LogP contribution in [0.25, 0.3) is 11.1 Å². The lowest BCUT2D eigenvalue weighted by Gasteiger charge is -2.10. The standard InChI is InChI=1S/C23H22FNO4S/c1-16-6-11-21(15-22(16)23(26)29-2)30(27,28)25-13-12-17-7-9-18(10-8-17)19-4-3-5-20(24)14-19/h3-11,14-15,25H,12-13H2,1-2H3. The summed E-state index contributed by atoms with van der Waals surface area (Å²) in [6, 6.07) is 18.2. The van der Waals surface area contributed by atoms with Gasteiger partial charge in [0.1, 0.15) is 5.82 Å². The molecular formula is C23H22FNO4S. The second-order valence-electron chi connectivity index (χ2n) is 6.82. The minimum absolute atomic E-state index is 0.00921. The van der Waals surface area contributed by atoms with E-state index in [0.717, 1.165) is 16.7 Å². The molecule has 0 aliphatic rings. The van der Waals surface area contributed by atoms with Crippen LogP contribution in [0, 0.1) is 12.7 Å². The van der Waals surface area contributed by atoms with Crippen LogP contribution in [0.2, 0.25) is 0 Å². The normalized spacial score (nSPS) is 11.3. The van der Waals surface area contributed by atoms with E-state index in [9.17, 15) is 17.6 Å². The van der Waals surface area contributed by atoms with Crippen LogP contribution in [0.3, 0.4) is 0 Å². The molecule has 0 saturated carbocycles. The molecule has 0 aromatic heterocycles. The Morgan fingerprint density at radius 1 is 1.00 bits per heavy atom. The smallest absolute Gasteiger partial charge is 0.338 e. The van der Waals surface area contributed by atoms with Crippen molar-refractivity contribution in [2.24, 2.45) is 0 Å². The maximum atomic E-state index is 13.4. The molecule has 3 rings (SSSR count). The van der Waals surface area contributed by atoms with Crippen molar-refractivity contribution in [2.75, 3.05) is 13.7 Å². The number of methoxy groups -OCH3 is 1. The number of ether oxygens (including phenoxy) is 1. The third kappa shape index (κ3) is 5.11. The molecule has 0 atom stereocenters. The third-order valence-electron chi connectivity index (χ3n) is 4.74. The van der Waals surface area contributed by atoms with Crippen molar-refractivity contribution in [3.8, 4) is 11.1 Å². The SMILES string of the molecule is COC(=O)c1cc(S(=O)(=O)NCCc2ccc(-c3cccc(F)c3)cc2)ccc1C. The minimum atomic E-state index is -3.77. The van der Waals surface area contributed by atoms with Crippen LogP contribution in [0.4, 0.5) is 4.39 Å². The lowest BCUT2D eigenvalue weighted by Crippen LogP contribution is -2.26. The Morgan fingerprint density at radius 3 is 2.40 bits per heavy atom. The Kier molecular flexibility index (Phi) is 6.64. The van der Waals surface area contributed by atoms with Gasteiger partial charge in [-0.25, -0.2) is 22.3 Å². The van der Waals surface area contributed by atoms with Crippen molar-refractivity contribution in [1.82, 2.24) is 4.72 Å². The fraction of sp³-hybridized carbons (Fsp3) is 0.174. The Hall–Kier alpha value is -3.03. The van der Waals surface area contributed by atoms with E-state index in [1.807, 2.05) is 30.3 Å². The van der Waals surface area contributed by atoms with Crippen LogP contribution < -0.4 is 4.72 Å². The van der Waals surface area contributed by atoms with Gasteiger partial charge in [0.2, 0.25) is 10.0 Å².